The van der Waals surface area contributed by atoms with Gasteiger partial charge in [-0.05, 0) is 48.0 Å². The highest BCUT2D eigenvalue weighted by Crippen LogP contribution is 2.34. The van der Waals surface area contributed by atoms with Gasteiger partial charge in [0.1, 0.15) is 0 Å². The van der Waals surface area contributed by atoms with Crippen LogP contribution in [0.2, 0.25) is 0 Å². The average Bonchev–Trinajstić information content (AvgIpc) is 3.32. The highest BCUT2D eigenvalue weighted by Gasteiger charge is 2.18. The fourth-order valence-electron chi connectivity index (χ4n) is 3.23. The maximum Gasteiger partial charge on any atom is 0.250 e. The minimum atomic E-state index is -0.251. The van der Waals surface area contributed by atoms with Crippen molar-refractivity contribution in [2.24, 2.45) is 5.10 Å². The molecule has 0 saturated heterocycles. The summed E-state index contributed by atoms with van der Waals surface area (Å²) in [5.41, 5.74) is 5.10. The van der Waals surface area contributed by atoms with Crippen LogP contribution in [-0.2, 0) is 4.79 Å². The van der Waals surface area contributed by atoms with Crippen LogP contribution in [0.25, 0.3) is 17.1 Å². The van der Waals surface area contributed by atoms with E-state index in [1.165, 1.54) is 11.8 Å². The predicted molar refractivity (Wildman–Crippen MR) is 141 cm³/mol. The summed E-state index contributed by atoms with van der Waals surface area (Å²) in [6.45, 7) is 0. The molecule has 1 aromatic heterocycles. The van der Waals surface area contributed by atoms with Crippen molar-refractivity contribution in [3.63, 3.8) is 0 Å². The van der Waals surface area contributed by atoms with Crippen LogP contribution in [0.3, 0.4) is 0 Å². The topological polar surface area (TPSA) is 90.6 Å². The Morgan fingerprint density at radius 2 is 1.77 bits per heavy atom. The number of ether oxygens (including phenoxy) is 2. The second-order valence-corrected chi connectivity index (χ2v) is 9.04. The SMILES string of the molecule is COc1ccc(-c2nnc(SCC(=O)N/N=C\c3ccc(Br)cc3)n2-c2ccccc2)cc1OC. The number of nitrogens with one attached hydrogen (secondary N) is 1. The number of rotatable bonds is 9. The number of halogens is 1. The lowest BCUT2D eigenvalue weighted by Crippen LogP contribution is -2.20. The van der Waals surface area contributed by atoms with E-state index in [0.717, 1.165) is 21.3 Å². The van der Waals surface area contributed by atoms with E-state index >= 15 is 0 Å². The van der Waals surface area contributed by atoms with Gasteiger partial charge in [-0.15, -0.1) is 10.2 Å². The Balaban J connectivity index is 1.54. The van der Waals surface area contributed by atoms with Crippen LogP contribution in [0.5, 0.6) is 11.5 Å². The Hall–Kier alpha value is -3.63. The van der Waals surface area contributed by atoms with E-state index in [2.05, 4.69) is 36.7 Å². The number of para-hydroxylation sites is 1. The van der Waals surface area contributed by atoms with Crippen molar-refractivity contribution in [3.05, 3.63) is 82.8 Å². The van der Waals surface area contributed by atoms with Crippen LogP contribution in [0.1, 0.15) is 5.56 Å². The van der Waals surface area contributed by atoms with Crippen molar-refractivity contribution < 1.29 is 14.3 Å². The van der Waals surface area contributed by atoms with Crippen molar-refractivity contribution in [1.29, 1.82) is 0 Å². The minimum absolute atomic E-state index is 0.120. The summed E-state index contributed by atoms with van der Waals surface area (Å²) in [6, 6.07) is 22.9. The normalized spacial score (nSPS) is 10.9. The van der Waals surface area contributed by atoms with Gasteiger partial charge >= 0.3 is 0 Å². The third-order valence-electron chi connectivity index (χ3n) is 4.89. The van der Waals surface area contributed by atoms with E-state index in [1.807, 2.05) is 77.4 Å². The van der Waals surface area contributed by atoms with Gasteiger partial charge in [-0.1, -0.05) is 58.0 Å². The predicted octanol–water partition coefficient (Wildman–Crippen LogP) is 4.96. The summed E-state index contributed by atoms with van der Waals surface area (Å²) in [6.07, 6.45) is 1.59. The summed E-state index contributed by atoms with van der Waals surface area (Å²) in [7, 11) is 3.18. The first-order chi connectivity index (χ1) is 17.1. The van der Waals surface area contributed by atoms with Gasteiger partial charge in [0.25, 0.3) is 5.91 Å². The van der Waals surface area contributed by atoms with Crippen molar-refractivity contribution >= 4 is 39.8 Å². The molecule has 10 heteroatoms. The third-order valence-corrected chi connectivity index (χ3v) is 6.35. The van der Waals surface area contributed by atoms with Gasteiger partial charge in [-0.3, -0.25) is 9.36 Å². The summed E-state index contributed by atoms with van der Waals surface area (Å²) in [5, 5.41) is 13.4. The molecule has 0 aliphatic carbocycles. The summed E-state index contributed by atoms with van der Waals surface area (Å²) in [4.78, 5) is 12.4. The maximum atomic E-state index is 12.4. The van der Waals surface area contributed by atoms with Gasteiger partial charge in [0.15, 0.2) is 22.5 Å². The number of hydrazone groups is 1. The number of hydrogen-bond acceptors (Lipinski definition) is 7. The van der Waals surface area contributed by atoms with Crippen LogP contribution in [0, 0.1) is 0 Å². The van der Waals surface area contributed by atoms with Crippen molar-refractivity contribution in [2.45, 2.75) is 5.16 Å². The second-order valence-electron chi connectivity index (χ2n) is 7.18. The van der Waals surface area contributed by atoms with Crippen LogP contribution < -0.4 is 14.9 Å². The highest BCUT2D eigenvalue weighted by atomic mass is 79.9. The molecule has 1 heterocycles. The molecule has 0 spiro atoms. The molecular weight excluding hydrogens is 530 g/mol. The quantitative estimate of drug-likeness (QED) is 0.180. The van der Waals surface area contributed by atoms with E-state index < -0.39 is 0 Å². The van der Waals surface area contributed by atoms with Gasteiger partial charge in [0.2, 0.25) is 0 Å². The molecule has 35 heavy (non-hydrogen) atoms. The van der Waals surface area contributed by atoms with E-state index in [4.69, 9.17) is 9.47 Å². The number of benzene rings is 3. The Bertz CT molecular complexity index is 1330. The first kappa shape index (κ1) is 24.5. The molecule has 0 bridgehead atoms. The Labute approximate surface area is 215 Å². The number of carbonyl (C=O) groups is 1. The summed E-state index contributed by atoms with van der Waals surface area (Å²) in [5.74, 6) is 1.70. The molecule has 0 atom stereocenters. The molecular formula is C25H22BrN5O3S. The number of hydrogen-bond donors (Lipinski definition) is 1. The van der Waals surface area contributed by atoms with Crippen LogP contribution >= 0.6 is 27.7 Å². The number of nitrogens with zero attached hydrogens (tertiary/aromatic N) is 4. The molecule has 178 valence electrons. The zero-order valence-electron chi connectivity index (χ0n) is 19.0. The van der Waals surface area contributed by atoms with Crippen molar-refractivity contribution in [1.82, 2.24) is 20.2 Å². The van der Waals surface area contributed by atoms with Crippen LogP contribution in [-0.4, -0.2) is 46.9 Å². The zero-order valence-corrected chi connectivity index (χ0v) is 21.4. The molecule has 4 aromatic rings. The smallest absolute Gasteiger partial charge is 0.250 e. The van der Waals surface area contributed by atoms with Crippen LogP contribution in [0.4, 0.5) is 0 Å². The maximum absolute atomic E-state index is 12.4. The van der Waals surface area contributed by atoms with E-state index in [-0.39, 0.29) is 11.7 Å². The van der Waals surface area contributed by atoms with Crippen molar-refractivity contribution in [3.8, 4) is 28.6 Å². The standard InChI is InChI=1S/C25H22BrN5O3S/c1-33-21-13-10-18(14-22(21)34-2)24-29-30-25(31(24)20-6-4-3-5-7-20)35-16-23(32)28-27-15-17-8-11-19(26)12-9-17/h3-15H,16H2,1-2H3,(H,28,32)/b27-15-. The molecule has 4 rings (SSSR count). The fraction of sp³-hybridized carbons (Fsp3) is 0.120. The molecule has 0 saturated carbocycles. The molecule has 0 unspecified atom stereocenters. The molecule has 0 aliphatic rings. The molecule has 0 fully saturated rings. The lowest BCUT2D eigenvalue weighted by atomic mass is 10.2. The Morgan fingerprint density at radius 1 is 1.03 bits per heavy atom. The second kappa shape index (κ2) is 11.7. The molecule has 0 aliphatic heterocycles. The van der Waals surface area contributed by atoms with Gasteiger partial charge < -0.3 is 9.47 Å². The third kappa shape index (κ3) is 6.09. The average molecular weight is 552 g/mol. The fourth-order valence-corrected chi connectivity index (χ4v) is 4.23. The molecule has 1 amide bonds. The number of methoxy groups -OCH3 is 2. The van der Waals surface area contributed by atoms with Gasteiger partial charge in [-0.2, -0.15) is 5.10 Å². The van der Waals surface area contributed by atoms with Gasteiger partial charge in [-0.25, -0.2) is 5.43 Å². The van der Waals surface area contributed by atoms with Crippen molar-refractivity contribution in [2.75, 3.05) is 20.0 Å². The molecule has 1 N–H and O–H groups in total. The Morgan fingerprint density at radius 3 is 2.49 bits per heavy atom. The highest BCUT2D eigenvalue weighted by molar-refractivity contribution is 9.10. The van der Waals surface area contributed by atoms with E-state index in [0.29, 0.717) is 22.5 Å². The molecule has 3 aromatic carbocycles. The van der Waals surface area contributed by atoms with E-state index in [1.54, 1.807) is 20.4 Å². The monoisotopic (exact) mass is 551 g/mol. The largest absolute Gasteiger partial charge is 0.493 e. The van der Waals surface area contributed by atoms with Crippen LogP contribution in [0.15, 0.2) is 87.5 Å². The summed E-state index contributed by atoms with van der Waals surface area (Å²) >= 11 is 4.66. The first-order valence-electron chi connectivity index (χ1n) is 10.5. The Kier molecular flexibility index (Phi) is 8.17. The summed E-state index contributed by atoms with van der Waals surface area (Å²) < 4.78 is 13.7. The van der Waals surface area contributed by atoms with E-state index in [9.17, 15) is 4.79 Å². The number of amides is 1. The van der Waals surface area contributed by atoms with Gasteiger partial charge in [0.05, 0.1) is 26.2 Å². The molecule has 0 radical (unpaired) electrons. The van der Waals surface area contributed by atoms with Gasteiger partial charge in [0, 0.05) is 15.7 Å². The number of aromatic nitrogens is 3. The lowest BCUT2D eigenvalue weighted by molar-refractivity contribution is -0.118. The number of carbonyl (C=O) groups excluding carboxylic acids is 1. The zero-order chi connectivity index (χ0) is 24.6. The lowest BCUT2D eigenvalue weighted by Gasteiger charge is -2.12. The first-order valence-corrected chi connectivity index (χ1v) is 12.3. The molecule has 8 nitrogen and oxygen atoms in total. The number of thioether (sulfide) groups is 1. The minimum Gasteiger partial charge on any atom is -0.493 e.